The van der Waals surface area contributed by atoms with Crippen molar-refractivity contribution in [3.8, 4) is 5.75 Å². The van der Waals surface area contributed by atoms with E-state index >= 15 is 0 Å². The first-order chi connectivity index (χ1) is 9.80. The van der Waals surface area contributed by atoms with Gasteiger partial charge in [-0.2, -0.15) is 8.78 Å². The molecule has 0 radical (unpaired) electrons. The smallest absolute Gasteiger partial charge is 0.387 e. The van der Waals surface area contributed by atoms with Gasteiger partial charge in [-0.1, -0.05) is 12.1 Å². The Balaban J connectivity index is 1.95. The van der Waals surface area contributed by atoms with Crippen molar-refractivity contribution in [2.75, 3.05) is 7.05 Å². The van der Waals surface area contributed by atoms with Gasteiger partial charge < -0.3 is 15.4 Å². The number of ether oxygens (including phenoxy) is 1. The van der Waals surface area contributed by atoms with Gasteiger partial charge in [0.25, 0.3) is 0 Å². The molecule has 1 amide bonds. The first-order valence-electron chi connectivity index (χ1n) is 6.89. The van der Waals surface area contributed by atoms with Gasteiger partial charge in [0.15, 0.2) is 0 Å². The Morgan fingerprint density at radius 1 is 1.43 bits per heavy atom. The van der Waals surface area contributed by atoms with E-state index in [0.717, 1.165) is 18.4 Å². The van der Waals surface area contributed by atoms with Crippen molar-refractivity contribution in [1.29, 1.82) is 0 Å². The van der Waals surface area contributed by atoms with Crippen molar-refractivity contribution < 1.29 is 18.3 Å². The van der Waals surface area contributed by atoms with Gasteiger partial charge in [0.1, 0.15) is 5.75 Å². The van der Waals surface area contributed by atoms with Crippen LogP contribution < -0.4 is 10.5 Å². The summed E-state index contributed by atoms with van der Waals surface area (Å²) in [6.45, 7) is -0.687. The Morgan fingerprint density at radius 3 is 2.48 bits per heavy atom. The molecule has 0 saturated heterocycles. The van der Waals surface area contributed by atoms with Crippen LogP contribution in [0.5, 0.6) is 5.75 Å². The summed E-state index contributed by atoms with van der Waals surface area (Å²) in [4.78, 5) is 13.9. The highest BCUT2D eigenvalue weighted by molar-refractivity contribution is 5.86. The van der Waals surface area contributed by atoms with Crippen LogP contribution in [0.25, 0.3) is 0 Å². The van der Waals surface area contributed by atoms with Gasteiger partial charge in [0.05, 0.1) is 5.54 Å². The molecule has 1 saturated carbocycles. The van der Waals surface area contributed by atoms with Crippen LogP contribution in [0.3, 0.4) is 0 Å². The quantitative estimate of drug-likeness (QED) is 0.877. The van der Waals surface area contributed by atoms with Crippen molar-refractivity contribution >= 4 is 5.91 Å². The summed E-state index contributed by atoms with van der Waals surface area (Å²) >= 11 is 0. The molecular weight excluding hydrogens is 278 g/mol. The second-order valence-electron chi connectivity index (χ2n) is 5.74. The lowest BCUT2D eigenvalue weighted by molar-refractivity contribution is -0.136. The van der Waals surface area contributed by atoms with E-state index in [9.17, 15) is 13.6 Å². The Morgan fingerprint density at radius 2 is 2.00 bits per heavy atom. The average Bonchev–Trinajstić information content (AvgIpc) is 3.24. The maximum absolute atomic E-state index is 12.3. The zero-order valence-electron chi connectivity index (χ0n) is 12.2. The molecule has 0 aliphatic heterocycles. The lowest BCUT2D eigenvalue weighted by Crippen LogP contribution is -2.53. The number of amides is 1. The maximum atomic E-state index is 12.3. The number of carbonyl (C=O) groups is 1. The van der Waals surface area contributed by atoms with Crippen LogP contribution in [-0.4, -0.2) is 30.0 Å². The van der Waals surface area contributed by atoms with Crippen LogP contribution in [0.1, 0.15) is 25.3 Å². The number of benzene rings is 1. The summed E-state index contributed by atoms with van der Waals surface area (Å²) in [6.07, 6.45) is 1.98. The lowest BCUT2D eigenvalue weighted by Gasteiger charge is -2.29. The molecular formula is C15H20F2N2O2. The van der Waals surface area contributed by atoms with E-state index in [0.29, 0.717) is 6.54 Å². The number of carbonyl (C=O) groups excluding carboxylic acids is 1. The normalized spacial score (nSPS) is 17.4. The van der Waals surface area contributed by atoms with E-state index in [2.05, 4.69) is 4.74 Å². The van der Waals surface area contributed by atoms with Crippen molar-refractivity contribution in [2.24, 2.45) is 11.7 Å². The molecule has 0 spiro atoms. The first-order valence-corrected chi connectivity index (χ1v) is 6.89. The molecule has 4 nitrogen and oxygen atoms in total. The van der Waals surface area contributed by atoms with E-state index in [4.69, 9.17) is 5.73 Å². The zero-order valence-corrected chi connectivity index (χ0v) is 12.2. The fourth-order valence-electron chi connectivity index (χ4n) is 2.39. The van der Waals surface area contributed by atoms with Gasteiger partial charge in [-0.05, 0) is 43.4 Å². The molecule has 1 aliphatic carbocycles. The van der Waals surface area contributed by atoms with Gasteiger partial charge >= 0.3 is 6.61 Å². The third-order valence-electron chi connectivity index (χ3n) is 3.80. The van der Waals surface area contributed by atoms with E-state index in [1.807, 2.05) is 0 Å². The molecule has 1 fully saturated rings. The molecule has 2 N–H and O–H groups in total. The SMILES string of the molecule is CN(Cc1ccc(OC(F)F)cc1)C(=O)C(C)(N)C1CC1. The number of rotatable bonds is 6. The lowest BCUT2D eigenvalue weighted by atomic mass is 9.95. The highest BCUT2D eigenvalue weighted by atomic mass is 19.3. The predicted molar refractivity (Wildman–Crippen MR) is 74.9 cm³/mol. The fraction of sp³-hybridized carbons (Fsp3) is 0.533. The van der Waals surface area contributed by atoms with Crippen LogP contribution in [0.4, 0.5) is 8.78 Å². The predicted octanol–water partition coefficient (Wildman–Crippen LogP) is 2.37. The molecule has 0 heterocycles. The molecule has 21 heavy (non-hydrogen) atoms. The largest absolute Gasteiger partial charge is 0.435 e. The molecule has 2 rings (SSSR count). The summed E-state index contributed by atoms with van der Waals surface area (Å²) in [5.74, 6) is 0.261. The third-order valence-corrected chi connectivity index (χ3v) is 3.80. The number of nitrogens with two attached hydrogens (primary N) is 1. The van der Waals surface area contributed by atoms with Crippen molar-refractivity contribution in [3.63, 3.8) is 0 Å². The van der Waals surface area contributed by atoms with Crippen LogP contribution in [0, 0.1) is 5.92 Å². The van der Waals surface area contributed by atoms with Crippen molar-refractivity contribution in [1.82, 2.24) is 4.90 Å². The number of halogens is 2. The van der Waals surface area contributed by atoms with E-state index in [-0.39, 0.29) is 17.6 Å². The number of likely N-dealkylation sites (N-methyl/N-ethyl adjacent to an activating group) is 1. The van der Waals surface area contributed by atoms with E-state index in [1.54, 1.807) is 31.0 Å². The van der Waals surface area contributed by atoms with Crippen LogP contribution >= 0.6 is 0 Å². The summed E-state index contributed by atoms with van der Waals surface area (Å²) in [5.41, 5.74) is 6.11. The molecule has 1 aromatic rings. The average molecular weight is 298 g/mol. The van der Waals surface area contributed by atoms with Crippen LogP contribution in [-0.2, 0) is 11.3 Å². The number of hydrogen-bond donors (Lipinski definition) is 1. The summed E-state index contributed by atoms with van der Waals surface area (Å²) in [6, 6.07) is 6.24. The second-order valence-corrected chi connectivity index (χ2v) is 5.74. The second kappa shape index (κ2) is 5.97. The fourth-order valence-corrected chi connectivity index (χ4v) is 2.39. The summed E-state index contributed by atoms with van der Waals surface area (Å²) in [5, 5.41) is 0. The molecule has 1 atom stereocenters. The van der Waals surface area contributed by atoms with Gasteiger partial charge in [-0.3, -0.25) is 4.79 Å². The molecule has 6 heteroatoms. The Bertz CT molecular complexity index is 499. The molecule has 0 bridgehead atoms. The third kappa shape index (κ3) is 3.91. The Kier molecular flexibility index (Phi) is 4.46. The Labute approximate surface area is 122 Å². The molecule has 1 aliphatic rings. The van der Waals surface area contributed by atoms with E-state index < -0.39 is 12.2 Å². The van der Waals surface area contributed by atoms with Crippen LogP contribution in [0.15, 0.2) is 24.3 Å². The number of alkyl halides is 2. The van der Waals surface area contributed by atoms with Gasteiger partial charge in [-0.25, -0.2) is 0 Å². The summed E-state index contributed by atoms with van der Waals surface area (Å²) < 4.78 is 28.4. The maximum Gasteiger partial charge on any atom is 0.387 e. The zero-order chi connectivity index (χ0) is 15.6. The first kappa shape index (κ1) is 15.7. The molecule has 0 aromatic heterocycles. The van der Waals surface area contributed by atoms with Gasteiger partial charge in [0.2, 0.25) is 5.91 Å². The van der Waals surface area contributed by atoms with E-state index in [1.165, 1.54) is 12.1 Å². The topological polar surface area (TPSA) is 55.6 Å². The molecule has 116 valence electrons. The number of nitrogens with zero attached hydrogens (tertiary/aromatic N) is 1. The van der Waals surface area contributed by atoms with Crippen molar-refractivity contribution in [3.05, 3.63) is 29.8 Å². The van der Waals surface area contributed by atoms with Gasteiger partial charge in [0, 0.05) is 13.6 Å². The minimum atomic E-state index is -2.84. The number of hydrogen-bond acceptors (Lipinski definition) is 3. The standard InChI is InChI=1S/C15H20F2N2O2/c1-15(18,11-5-6-11)13(20)19(2)9-10-3-7-12(8-4-10)21-14(16)17/h3-4,7-8,11,14H,5-6,9,18H2,1-2H3. The van der Waals surface area contributed by atoms with Crippen molar-refractivity contribution in [2.45, 2.75) is 38.5 Å². The van der Waals surface area contributed by atoms with Gasteiger partial charge in [-0.15, -0.1) is 0 Å². The highest BCUT2D eigenvalue weighted by Gasteiger charge is 2.45. The van der Waals surface area contributed by atoms with Crippen LogP contribution in [0.2, 0.25) is 0 Å². The molecule has 1 unspecified atom stereocenters. The summed E-state index contributed by atoms with van der Waals surface area (Å²) in [7, 11) is 1.69. The molecule has 1 aromatic carbocycles. The Hall–Kier alpha value is -1.69. The monoisotopic (exact) mass is 298 g/mol. The minimum absolute atomic E-state index is 0.0992. The highest BCUT2D eigenvalue weighted by Crippen LogP contribution is 2.39. The minimum Gasteiger partial charge on any atom is -0.435 e.